The largest absolute Gasteiger partial charge is 0.505 e. The Morgan fingerprint density at radius 1 is 1.21 bits per heavy atom. The number of halogens is 3. The normalized spacial score (nSPS) is 19.8. The van der Waals surface area contributed by atoms with Gasteiger partial charge < -0.3 is 10.4 Å². The Labute approximate surface area is 154 Å². The summed E-state index contributed by atoms with van der Waals surface area (Å²) >= 11 is 0. The van der Waals surface area contributed by atoms with Crippen LogP contribution in [-0.2, 0) is 0 Å². The molecule has 0 unspecified atom stereocenters. The summed E-state index contributed by atoms with van der Waals surface area (Å²) < 4.78 is 13.9. The molecule has 1 aromatic carbocycles. The molecule has 2 aliphatic rings. The van der Waals surface area contributed by atoms with Crippen LogP contribution in [0.4, 0.5) is 4.39 Å². The van der Waals surface area contributed by atoms with Crippen molar-refractivity contribution in [3.8, 4) is 11.8 Å². The minimum absolute atomic E-state index is 0. The molecule has 0 bridgehead atoms. The molecule has 1 aromatic rings. The third-order valence-corrected chi connectivity index (χ3v) is 4.98. The van der Waals surface area contributed by atoms with Crippen LogP contribution in [-0.4, -0.2) is 36.2 Å². The van der Waals surface area contributed by atoms with E-state index in [4.69, 9.17) is 0 Å². The first-order valence-electron chi connectivity index (χ1n) is 8.08. The maximum atomic E-state index is 13.9. The number of phenolic OH excluding ortho intramolecular Hbond substituents is 1. The summed E-state index contributed by atoms with van der Waals surface area (Å²) in [5.41, 5.74) is 0.894. The van der Waals surface area contributed by atoms with Crippen LogP contribution in [0.3, 0.4) is 0 Å². The molecular weight excluding hydrogens is 352 g/mol. The van der Waals surface area contributed by atoms with Gasteiger partial charge in [0.05, 0.1) is 11.6 Å². The summed E-state index contributed by atoms with van der Waals surface area (Å²) in [5, 5.41) is 23.0. The fourth-order valence-corrected chi connectivity index (χ4v) is 3.93. The third-order valence-electron chi connectivity index (χ3n) is 4.98. The van der Waals surface area contributed by atoms with Gasteiger partial charge in [-0.05, 0) is 30.9 Å². The van der Waals surface area contributed by atoms with E-state index in [1.165, 1.54) is 25.0 Å². The number of nitriles is 1. The zero-order valence-corrected chi connectivity index (χ0v) is 15.1. The molecule has 0 radical (unpaired) electrons. The van der Waals surface area contributed by atoms with Gasteiger partial charge in [-0.1, -0.05) is 12.8 Å². The van der Waals surface area contributed by atoms with E-state index < -0.39 is 5.82 Å². The number of aromatic hydroxyl groups is 1. The number of hydrogen-bond donors (Lipinski definition) is 2. The molecule has 2 fully saturated rings. The highest BCUT2D eigenvalue weighted by molar-refractivity contribution is 5.85. The van der Waals surface area contributed by atoms with E-state index in [2.05, 4.69) is 16.3 Å². The Morgan fingerprint density at radius 3 is 2.42 bits per heavy atom. The van der Waals surface area contributed by atoms with Gasteiger partial charge in [-0.25, -0.2) is 4.39 Å². The smallest absolute Gasteiger partial charge is 0.165 e. The van der Waals surface area contributed by atoms with Crippen LogP contribution in [0.5, 0.6) is 5.75 Å². The van der Waals surface area contributed by atoms with E-state index in [-0.39, 0.29) is 36.6 Å². The highest BCUT2D eigenvalue weighted by Crippen LogP contribution is 2.44. The highest BCUT2D eigenvalue weighted by Gasteiger charge is 2.35. The topological polar surface area (TPSA) is 59.3 Å². The molecule has 1 saturated heterocycles. The van der Waals surface area contributed by atoms with Crippen LogP contribution in [0.2, 0.25) is 0 Å². The van der Waals surface area contributed by atoms with Gasteiger partial charge in [-0.2, -0.15) is 5.26 Å². The molecule has 134 valence electrons. The van der Waals surface area contributed by atoms with Gasteiger partial charge in [0, 0.05) is 37.8 Å². The first-order valence-corrected chi connectivity index (χ1v) is 8.08. The number of piperazine rings is 1. The van der Waals surface area contributed by atoms with Crippen LogP contribution in [0, 0.1) is 23.1 Å². The van der Waals surface area contributed by atoms with Gasteiger partial charge in [-0.3, -0.25) is 4.90 Å². The van der Waals surface area contributed by atoms with E-state index in [9.17, 15) is 14.8 Å². The predicted octanol–water partition coefficient (Wildman–Crippen LogP) is 3.38. The lowest BCUT2D eigenvalue weighted by Gasteiger charge is -2.39. The Kier molecular flexibility index (Phi) is 8.24. The first-order chi connectivity index (χ1) is 10.7. The van der Waals surface area contributed by atoms with E-state index in [0.29, 0.717) is 17.0 Å². The molecule has 0 aromatic heterocycles. The summed E-state index contributed by atoms with van der Waals surface area (Å²) in [5.74, 6) is -0.584. The van der Waals surface area contributed by atoms with E-state index in [0.717, 1.165) is 39.0 Å². The van der Waals surface area contributed by atoms with Crippen molar-refractivity contribution >= 4 is 24.8 Å². The second-order valence-corrected chi connectivity index (χ2v) is 6.24. The zero-order chi connectivity index (χ0) is 15.5. The first kappa shape index (κ1) is 21.0. The summed E-state index contributed by atoms with van der Waals surface area (Å²) in [6.07, 6.45) is 4.50. The van der Waals surface area contributed by atoms with Crippen LogP contribution in [0.15, 0.2) is 12.1 Å². The molecule has 3 rings (SSSR count). The van der Waals surface area contributed by atoms with Crippen molar-refractivity contribution < 1.29 is 9.50 Å². The standard InChI is InChI=1S/C17H22FN3O.2ClH/c18-14-6-5-13(11-19)15(17(14)22)16(12-3-1-2-4-12)21-9-7-20-8-10-21;;/h5-6,12,16,20,22H,1-4,7-10H2;2*1H/t16-;;/m1../s1. The number of hydrogen-bond acceptors (Lipinski definition) is 4. The van der Waals surface area contributed by atoms with Crippen molar-refractivity contribution in [3.63, 3.8) is 0 Å². The van der Waals surface area contributed by atoms with Gasteiger partial charge in [0.25, 0.3) is 0 Å². The molecule has 0 spiro atoms. The SMILES string of the molecule is Cl.Cl.N#Cc1ccc(F)c(O)c1[C@@H](C1CCCC1)N1CCNCC1. The van der Waals surface area contributed by atoms with Crippen LogP contribution in [0.1, 0.15) is 42.9 Å². The monoisotopic (exact) mass is 375 g/mol. The molecule has 24 heavy (non-hydrogen) atoms. The molecular formula is C17H24Cl2FN3O. The molecule has 1 atom stereocenters. The second kappa shape index (κ2) is 9.43. The number of rotatable bonds is 3. The Bertz CT molecular complexity index is 582. The van der Waals surface area contributed by atoms with Crippen LogP contribution < -0.4 is 5.32 Å². The van der Waals surface area contributed by atoms with Crippen LogP contribution in [0.25, 0.3) is 0 Å². The van der Waals surface area contributed by atoms with Crippen molar-refractivity contribution in [3.05, 3.63) is 29.1 Å². The molecule has 4 nitrogen and oxygen atoms in total. The molecule has 1 aliphatic heterocycles. The van der Waals surface area contributed by atoms with Crippen molar-refractivity contribution in [2.75, 3.05) is 26.2 Å². The van der Waals surface area contributed by atoms with Gasteiger partial charge >= 0.3 is 0 Å². The van der Waals surface area contributed by atoms with Crippen molar-refractivity contribution in [1.29, 1.82) is 5.26 Å². The van der Waals surface area contributed by atoms with E-state index in [1.54, 1.807) is 0 Å². The molecule has 1 saturated carbocycles. The number of nitrogens with one attached hydrogen (secondary N) is 1. The fourth-order valence-electron chi connectivity index (χ4n) is 3.93. The predicted molar refractivity (Wildman–Crippen MR) is 96.4 cm³/mol. The summed E-state index contributed by atoms with van der Waals surface area (Å²) in [4.78, 5) is 2.31. The van der Waals surface area contributed by atoms with Crippen molar-refractivity contribution in [2.45, 2.75) is 31.7 Å². The summed E-state index contributed by atoms with van der Waals surface area (Å²) in [6, 6.07) is 4.75. The van der Waals surface area contributed by atoms with Crippen LogP contribution >= 0.6 is 24.8 Å². The van der Waals surface area contributed by atoms with E-state index >= 15 is 0 Å². The number of benzene rings is 1. The minimum atomic E-state index is -0.632. The number of nitrogens with zero attached hydrogens (tertiary/aromatic N) is 2. The lowest BCUT2D eigenvalue weighted by Crippen LogP contribution is -2.47. The highest BCUT2D eigenvalue weighted by atomic mass is 35.5. The average Bonchev–Trinajstić information content (AvgIpc) is 3.07. The molecule has 1 heterocycles. The second-order valence-electron chi connectivity index (χ2n) is 6.24. The zero-order valence-electron chi connectivity index (χ0n) is 13.5. The fraction of sp³-hybridized carbons (Fsp3) is 0.588. The maximum absolute atomic E-state index is 13.9. The molecule has 2 N–H and O–H groups in total. The minimum Gasteiger partial charge on any atom is -0.505 e. The molecule has 7 heteroatoms. The van der Waals surface area contributed by atoms with Gasteiger partial charge in [0.15, 0.2) is 11.6 Å². The van der Waals surface area contributed by atoms with Crippen molar-refractivity contribution in [1.82, 2.24) is 10.2 Å². The average molecular weight is 376 g/mol. The summed E-state index contributed by atoms with van der Waals surface area (Å²) in [6.45, 7) is 3.51. The Morgan fingerprint density at radius 2 is 1.83 bits per heavy atom. The summed E-state index contributed by atoms with van der Waals surface area (Å²) in [7, 11) is 0. The van der Waals surface area contributed by atoms with Gasteiger partial charge in [-0.15, -0.1) is 24.8 Å². The lowest BCUT2D eigenvalue weighted by atomic mass is 9.86. The lowest BCUT2D eigenvalue weighted by molar-refractivity contribution is 0.122. The quantitative estimate of drug-likeness (QED) is 0.849. The molecule has 0 amide bonds. The van der Waals surface area contributed by atoms with Gasteiger partial charge in [0.1, 0.15) is 0 Å². The third kappa shape index (κ3) is 4.12. The maximum Gasteiger partial charge on any atom is 0.165 e. The number of phenols is 1. The molecule has 1 aliphatic carbocycles. The Hall–Kier alpha value is -1.06. The van der Waals surface area contributed by atoms with E-state index in [1.807, 2.05) is 0 Å². The van der Waals surface area contributed by atoms with Gasteiger partial charge in [0.2, 0.25) is 0 Å². The van der Waals surface area contributed by atoms with Crippen molar-refractivity contribution in [2.24, 2.45) is 5.92 Å². The Balaban J connectivity index is 0.00000144.